The molecule has 0 amide bonds. The summed E-state index contributed by atoms with van der Waals surface area (Å²) in [6.45, 7) is 4.23. The number of carboxylic acid groups (broad SMARTS) is 1. The zero-order valence-corrected chi connectivity index (χ0v) is 15.3. The van der Waals surface area contributed by atoms with Gasteiger partial charge in [0.2, 0.25) is 0 Å². The standard InChI is InChI=1S/C20H26N2O4/c1-4-5-6-11-26-19-10-9-16(13-18(19)20(23)24)25-12-7-8-17(14(2)21)15(3)22/h1,9-10,13,21H,5-8,11-12,22H2,2-3H3,(H,23,24). The fourth-order valence-corrected chi connectivity index (χ4v) is 2.37. The lowest BCUT2D eigenvalue weighted by atomic mass is 10.0. The van der Waals surface area contributed by atoms with Crippen molar-refractivity contribution >= 4 is 11.7 Å². The van der Waals surface area contributed by atoms with E-state index < -0.39 is 5.97 Å². The minimum atomic E-state index is -1.08. The van der Waals surface area contributed by atoms with E-state index in [0.29, 0.717) is 61.8 Å². The summed E-state index contributed by atoms with van der Waals surface area (Å²) in [4.78, 5) is 11.4. The first kappa shape index (κ1) is 21.1. The second-order valence-corrected chi connectivity index (χ2v) is 5.86. The van der Waals surface area contributed by atoms with Crippen LogP contribution < -0.4 is 15.2 Å². The maximum absolute atomic E-state index is 11.4. The van der Waals surface area contributed by atoms with Gasteiger partial charge in [-0.05, 0) is 56.9 Å². The van der Waals surface area contributed by atoms with Crippen molar-refractivity contribution in [2.75, 3.05) is 13.2 Å². The fourth-order valence-electron chi connectivity index (χ4n) is 2.37. The fraction of sp³-hybridized carbons (Fsp3) is 0.400. The number of aromatic carboxylic acids is 1. The molecule has 0 saturated heterocycles. The maximum Gasteiger partial charge on any atom is 0.339 e. The number of unbranched alkanes of at least 4 members (excludes halogenated alkanes) is 1. The zero-order valence-electron chi connectivity index (χ0n) is 15.3. The molecule has 0 aromatic heterocycles. The van der Waals surface area contributed by atoms with Crippen molar-refractivity contribution in [3.05, 3.63) is 35.0 Å². The number of nitrogens with two attached hydrogens (primary N) is 1. The van der Waals surface area contributed by atoms with Crippen LogP contribution in [0.25, 0.3) is 0 Å². The van der Waals surface area contributed by atoms with Crippen LogP contribution in [0, 0.1) is 17.8 Å². The number of benzene rings is 1. The quantitative estimate of drug-likeness (QED) is 0.318. The third kappa shape index (κ3) is 6.89. The Hall–Kier alpha value is -2.94. The molecule has 1 aromatic rings. The third-order valence-electron chi connectivity index (χ3n) is 3.67. The van der Waals surface area contributed by atoms with E-state index in [1.165, 1.54) is 6.07 Å². The van der Waals surface area contributed by atoms with Crippen molar-refractivity contribution in [3.8, 4) is 23.8 Å². The summed E-state index contributed by atoms with van der Waals surface area (Å²) in [5.41, 5.74) is 7.72. The topological polar surface area (TPSA) is 106 Å². The molecule has 0 atom stereocenters. The highest BCUT2D eigenvalue weighted by molar-refractivity contribution is 5.96. The van der Waals surface area contributed by atoms with Crippen molar-refractivity contribution in [2.45, 2.75) is 39.5 Å². The SMILES string of the molecule is C#CCCCOc1ccc(OCCCC(C(C)=N)=C(C)N)cc1C(=O)O. The van der Waals surface area contributed by atoms with E-state index in [4.69, 9.17) is 27.0 Å². The van der Waals surface area contributed by atoms with Crippen LogP contribution in [0.2, 0.25) is 0 Å². The highest BCUT2D eigenvalue weighted by Crippen LogP contribution is 2.25. The minimum Gasteiger partial charge on any atom is -0.494 e. The van der Waals surface area contributed by atoms with Crippen LogP contribution in [0.15, 0.2) is 29.5 Å². The lowest BCUT2D eigenvalue weighted by Gasteiger charge is -2.12. The average Bonchev–Trinajstić information content (AvgIpc) is 2.58. The van der Waals surface area contributed by atoms with Gasteiger partial charge in [0.25, 0.3) is 0 Å². The Balaban J connectivity index is 2.64. The molecule has 140 valence electrons. The molecule has 1 rings (SSSR count). The van der Waals surface area contributed by atoms with Gasteiger partial charge in [-0.2, -0.15) is 0 Å². The molecule has 6 nitrogen and oxygen atoms in total. The summed E-state index contributed by atoms with van der Waals surface area (Å²) >= 11 is 0. The van der Waals surface area contributed by atoms with Crippen molar-refractivity contribution in [2.24, 2.45) is 5.73 Å². The number of hydrogen-bond donors (Lipinski definition) is 3. The first-order valence-electron chi connectivity index (χ1n) is 8.44. The number of allylic oxidation sites excluding steroid dienone is 2. The molecule has 0 bridgehead atoms. The van der Waals surface area contributed by atoms with Crippen LogP contribution in [0.5, 0.6) is 11.5 Å². The van der Waals surface area contributed by atoms with Gasteiger partial charge in [0.05, 0.1) is 13.2 Å². The Morgan fingerprint density at radius 2 is 1.96 bits per heavy atom. The summed E-state index contributed by atoms with van der Waals surface area (Å²) in [6, 6.07) is 4.72. The Labute approximate surface area is 154 Å². The largest absolute Gasteiger partial charge is 0.494 e. The number of hydrogen-bond acceptors (Lipinski definition) is 5. The Bertz CT molecular complexity index is 713. The number of carboxylic acids is 1. The van der Waals surface area contributed by atoms with Gasteiger partial charge in [0.15, 0.2) is 0 Å². The molecule has 1 aromatic carbocycles. The van der Waals surface area contributed by atoms with E-state index >= 15 is 0 Å². The predicted octanol–water partition coefficient (Wildman–Crippen LogP) is 3.61. The van der Waals surface area contributed by atoms with E-state index in [2.05, 4.69) is 5.92 Å². The second-order valence-electron chi connectivity index (χ2n) is 5.86. The normalized spacial score (nSPS) is 11.3. The molecule has 0 spiro atoms. The van der Waals surface area contributed by atoms with Gasteiger partial charge >= 0.3 is 5.97 Å². The second kappa shape index (κ2) is 10.8. The number of nitrogens with one attached hydrogen (secondary N) is 1. The van der Waals surface area contributed by atoms with Gasteiger partial charge < -0.3 is 25.7 Å². The molecular formula is C20H26N2O4. The lowest BCUT2D eigenvalue weighted by Crippen LogP contribution is -2.08. The van der Waals surface area contributed by atoms with Crippen molar-refractivity contribution in [1.82, 2.24) is 0 Å². The summed E-state index contributed by atoms with van der Waals surface area (Å²) in [6.07, 6.45) is 7.73. The number of ether oxygens (including phenoxy) is 2. The van der Waals surface area contributed by atoms with E-state index in [0.717, 1.165) is 5.57 Å². The number of terminal acetylenes is 1. The first-order valence-corrected chi connectivity index (χ1v) is 8.44. The summed E-state index contributed by atoms with van der Waals surface area (Å²) in [5, 5.41) is 17.0. The minimum absolute atomic E-state index is 0.0527. The maximum atomic E-state index is 11.4. The Morgan fingerprint density at radius 3 is 2.54 bits per heavy atom. The van der Waals surface area contributed by atoms with E-state index in [-0.39, 0.29) is 5.56 Å². The van der Waals surface area contributed by atoms with Gasteiger partial charge in [-0.25, -0.2) is 4.79 Å². The molecule has 0 saturated carbocycles. The third-order valence-corrected chi connectivity index (χ3v) is 3.67. The molecule has 0 radical (unpaired) electrons. The smallest absolute Gasteiger partial charge is 0.339 e. The van der Waals surface area contributed by atoms with E-state index in [9.17, 15) is 9.90 Å². The number of carbonyl (C=O) groups is 1. The summed E-state index contributed by atoms with van der Waals surface area (Å²) in [5.74, 6) is 2.19. The van der Waals surface area contributed by atoms with Gasteiger partial charge in [-0.3, -0.25) is 0 Å². The summed E-state index contributed by atoms with van der Waals surface area (Å²) < 4.78 is 11.1. The highest BCUT2D eigenvalue weighted by atomic mass is 16.5. The van der Waals surface area contributed by atoms with Crippen molar-refractivity contribution in [1.29, 1.82) is 5.41 Å². The average molecular weight is 358 g/mol. The molecule has 0 heterocycles. The molecule has 0 aliphatic rings. The van der Waals surface area contributed by atoms with Crippen LogP contribution in [0.1, 0.15) is 49.9 Å². The molecule has 6 heteroatoms. The molecule has 0 fully saturated rings. The van der Waals surface area contributed by atoms with Gasteiger partial charge in [0.1, 0.15) is 17.1 Å². The highest BCUT2D eigenvalue weighted by Gasteiger charge is 2.13. The predicted molar refractivity (Wildman–Crippen MR) is 102 cm³/mol. The molecule has 0 aliphatic heterocycles. The van der Waals surface area contributed by atoms with Crippen molar-refractivity contribution in [3.63, 3.8) is 0 Å². The molecule has 4 N–H and O–H groups in total. The monoisotopic (exact) mass is 358 g/mol. The Kier molecular flexibility index (Phi) is 8.79. The molecule has 0 aliphatic carbocycles. The zero-order chi connectivity index (χ0) is 19.5. The van der Waals surface area contributed by atoms with E-state index in [1.54, 1.807) is 26.0 Å². The van der Waals surface area contributed by atoms with Crippen molar-refractivity contribution < 1.29 is 19.4 Å². The van der Waals surface area contributed by atoms with Crippen LogP contribution in [-0.2, 0) is 0 Å². The van der Waals surface area contributed by atoms with Gasteiger partial charge in [-0.15, -0.1) is 12.3 Å². The van der Waals surface area contributed by atoms with Gasteiger partial charge in [0, 0.05) is 17.8 Å². The van der Waals surface area contributed by atoms with Gasteiger partial charge in [-0.1, -0.05) is 0 Å². The summed E-state index contributed by atoms with van der Waals surface area (Å²) in [7, 11) is 0. The Morgan fingerprint density at radius 1 is 1.27 bits per heavy atom. The van der Waals surface area contributed by atoms with Crippen LogP contribution in [0.4, 0.5) is 0 Å². The van der Waals surface area contributed by atoms with E-state index in [1.807, 2.05) is 0 Å². The van der Waals surface area contributed by atoms with Crippen LogP contribution in [0.3, 0.4) is 0 Å². The lowest BCUT2D eigenvalue weighted by molar-refractivity contribution is 0.0691. The molecule has 0 unspecified atom stereocenters. The molecule has 26 heavy (non-hydrogen) atoms. The molecular weight excluding hydrogens is 332 g/mol. The number of rotatable bonds is 11. The van der Waals surface area contributed by atoms with Crippen LogP contribution >= 0.6 is 0 Å². The first-order chi connectivity index (χ1) is 12.4. The van der Waals surface area contributed by atoms with Crippen LogP contribution in [-0.4, -0.2) is 30.0 Å².